The molecule has 5 rings (SSSR count). The highest BCUT2D eigenvalue weighted by atomic mass is 19.3. The lowest BCUT2D eigenvalue weighted by atomic mass is 9.53. The van der Waals surface area contributed by atoms with Gasteiger partial charge in [-0.25, -0.2) is 8.78 Å². The number of alkyl halides is 2. The van der Waals surface area contributed by atoms with E-state index in [1.54, 1.807) is 6.07 Å². The number of hydrogen-bond acceptors (Lipinski definition) is 2. The van der Waals surface area contributed by atoms with Crippen LogP contribution in [0, 0.1) is 23.2 Å². The summed E-state index contributed by atoms with van der Waals surface area (Å²) < 4.78 is 30.5. The van der Waals surface area contributed by atoms with E-state index < -0.39 is 11.3 Å². The molecule has 4 aliphatic carbocycles. The molecule has 0 aliphatic heterocycles. The molecule has 0 saturated heterocycles. The van der Waals surface area contributed by atoms with Crippen LogP contribution < -0.4 is 5.32 Å². The Morgan fingerprint density at radius 1 is 1.24 bits per heavy atom. The van der Waals surface area contributed by atoms with E-state index in [0.29, 0.717) is 31.2 Å². The van der Waals surface area contributed by atoms with E-state index in [9.17, 15) is 9.90 Å². The molecule has 158 valence electrons. The normalized spacial score (nSPS) is 37.3. The maximum Gasteiger partial charge on any atom is 0.253 e. The van der Waals surface area contributed by atoms with E-state index in [1.165, 1.54) is 11.1 Å². The fourth-order valence-corrected chi connectivity index (χ4v) is 6.93. The van der Waals surface area contributed by atoms with Crippen LogP contribution >= 0.6 is 0 Å². The first-order valence-electron chi connectivity index (χ1n) is 11.3. The molecule has 1 unspecified atom stereocenters. The van der Waals surface area contributed by atoms with E-state index in [2.05, 4.69) is 5.32 Å². The molecule has 0 radical (unpaired) electrons. The van der Waals surface area contributed by atoms with Gasteiger partial charge in [-0.2, -0.15) is 0 Å². The van der Waals surface area contributed by atoms with Crippen molar-refractivity contribution < 1.29 is 18.7 Å². The Morgan fingerprint density at radius 2 is 2.03 bits per heavy atom. The Labute approximate surface area is 171 Å². The van der Waals surface area contributed by atoms with Crippen LogP contribution in [-0.4, -0.2) is 23.0 Å². The summed E-state index contributed by atoms with van der Waals surface area (Å²) in [6.45, 7) is 1.81. The van der Waals surface area contributed by atoms with Crippen LogP contribution in [-0.2, 0) is 11.2 Å². The summed E-state index contributed by atoms with van der Waals surface area (Å²) in [5.74, 6) is -1.92. The first-order valence-corrected chi connectivity index (χ1v) is 11.3. The van der Waals surface area contributed by atoms with Crippen molar-refractivity contribution in [1.29, 1.82) is 0 Å². The van der Waals surface area contributed by atoms with Gasteiger partial charge in [-0.1, -0.05) is 13.0 Å². The average molecular weight is 404 g/mol. The van der Waals surface area contributed by atoms with Gasteiger partial charge in [-0.05, 0) is 91.9 Å². The summed E-state index contributed by atoms with van der Waals surface area (Å²) in [7, 11) is 0. The van der Waals surface area contributed by atoms with Gasteiger partial charge in [0.15, 0.2) is 0 Å². The molecule has 4 aliphatic rings. The van der Waals surface area contributed by atoms with Crippen LogP contribution in [0.5, 0.6) is 5.75 Å². The molecule has 5 atom stereocenters. The van der Waals surface area contributed by atoms with Crippen molar-refractivity contribution in [2.24, 2.45) is 23.2 Å². The predicted molar refractivity (Wildman–Crippen MR) is 107 cm³/mol. The van der Waals surface area contributed by atoms with Crippen LogP contribution in [0.4, 0.5) is 8.78 Å². The molecule has 0 spiro atoms. The number of benzene rings is 1. The van der Waals surface area contributed by atoms with Gasteiger partial charge in [-0.3, -0.25) is 4.79 Å². The van der Waals surface area contributed by atoms with Gasteiger partial charge in [0.1, 0.15) is 5.75 Å². The number of nitrogens with one attached hydrogen (secondary N) is 1. The molecular formula is C24H31F2NO2. The van der Waals surface area contributed by atoms with Crippen molar-refractivity contribution in [1.82, 2.24) is 5.32 Å². The zero-order valence-corrected chi connectivity index (χ0v) is 17.1. The molecule has 1 aromatic rings. The molecule has 3 saturated carbocycles. The number of aromatic hydroxyl groups is 1. The second-order valence-electron chi connectivity index (χ2n) is 10.2. The first kappa shape index (κ1) is 19.3. The zero-order valence-electron chi connectivity index (χ0n) is 17.1. The smallest absolute Gasteiger partial charge is 0.253 e. The first-order chi connectivity index (χ1) is 13.8. The number of fused-ring (bicyclic) bond motifs is 5. The third-order valence-corrected chi connectivity index (χ3v) is 8.51. The van der Waals surface area contributed by atoms with Crippen LogP contribution in [0.2, 0.25) is 0 Å². The predicted octanol–water partition coefficient (Wildman–Crippen LogP) is 5.17. The number of hydrogen-bond donors (Lipinski definition) is 2. The summed E-state index contributed by atoms with van der Waals surface area (Å²) in [6, 6.07) is 5.92. The second kappa shape index (κ2) is 6.68. The maximum absolute atomic E-state index is 15.2. The molecule has 1 amide bonds. The largest absolute Gasteiger partial charge is 0.508 e. The fraction of sp³-hybridized carbons (Fsp3) is 0.708. The summed E-state index contributed by atoms with van der Waals surface area (Å²) in [4.78, 5) is 12.2. The molecule has 29 heavy (non-hydrogen) atoms. The minimum Gasteiger partial charge on any atom is -0.508 e. The van der Waals surface area contributed by atoms with E-state index in [4.69, 9.17) is 0 Å². The topological polar surface area (TPSA) is 49.3 Å². The number of amides is 1. The van der Waals surface area contributed by atoms with E-state index in [-0.39, 0.29) is 35.8 Å². The SMILES string of the molecule is C[C@]12CC[C@@H]3c4ccc(O)cc4CCC3[C@@H]1[C@H](CCC(=O)NC1CC1)CC2(F)F. The van der Waals surface area contributed by atoms with Gasteiger partial charge in [0, 0.05) is 24.3 Å². The Hall–Kier alpha value is -1.65. The number of phenolic OH excluding ortho intramolecular Hbond substituents is 1. The number of carbonyl (C=O) groups excluding carboxylic acids is 1. The molecule has 3 fully saturated rings. The fourth-order valence-electron chi connectivity index (χ4n) is 6.93. The standard InChI is InChI=1S/C24H31F2NO2/c1-23-11-10-19-18-8-6-17(28)12-14(18)2-7-20(19)22(23)15(13-24(23,25)26)3-9-21(29)27-16-4-5-16/h6,8,12,15-16,19-20,22,28H,2-5,7,9-11,13H2,1H3,(H,27,29)/t15-,19-,20?,22+,23+/m1/s1. The van der Waals surface area contributed by atoms with Crippen molar-refractivity contribution in [2.75, 3.05) is 0 Å². The van der Waals surface area contributed by atoms with Gasteiger partial charge >= 0.3 is 0 Å². The van der Waals surface area contributed by atoms with Crippen LogP contribution in [0.3, 0.4) is 0 Å². The summed E-state index contributed by atoms with van der Waals surface area (Å²) in [6.07, 6.45) is 6.04. The number of halogens is 2. The second-order valence-corrected chi connectivity index (χ2v) is 10.2. The highest BCUT2D eigenvalue weighted by molar-refractivity contribution is 5.76. The molecule has 0 heterocycles. The quantitative estimate of drug-likeness (QED) is 0.729. The molecule has 1 aromatic carbocycles. The Kier molecular flexibility index (Phi) is 4.45. The van der Waals surface area contributed by atoms with E-state index in [1.807, 2.05) is 19.1 Å². The third-order valence-electron chi connectivity index (χ3n) is 8.51. The number of aryl methyl sites for hydroxylation is 1. The van der Waals surface area contributed by atoms with Crippen LogP contribution in [0.25, 0.3) is 0 Å². The Morgan fingerprint density at radius 3 is 2.79 bits per heavy atom. The zero-order chi connectivity index (χ0) is 20.4. The summed E-state index contributed by atoms with van der Waals surface area (Å²) in [5, 5.41) is 12.8. The van der Waals surface area contributed by atoms with Gasteiger partial charge in [-0.15, -0.1) is 0 Å². The van der Waals surface area contributed by atoms with Gasteiger partial charge in [0.25, 0.3) is 5.92 Å². The van der Waals surface area contributed by atoms with Crippen molar-refractivity contribution in [3.05, 3.63) is 29.3 Å². The Balaban J connectivity index is 1.40. The molecule has 5 heteroatoms. The van der Waals surface area contributed by atoms with E-state index >= 15 is 8.78 Å². The maximum atomic E-state index is 15.2. The molecule has 0 bridgehead atoms. The van der Waals surface area contributed by atoms with Gasteiger partial charge in [0.05, 0.1) is 0 Å². The molecule has 0 aromatic heterocycles. The average Bonchev–Trinajstić information content (AvgIpc) is 3.45. The number of carbonyl (C=O) groups is 1. The lowest BCUT2D eigenvalue weighted by Gasteiger charge is -2.51. The van der Waals surface area contributed by atoms with Crippen LogP contribution in [0.1, 0.15) is 75.3 Å². The number of phenols is 1. The van der Waals surface area contributed by atoms with Gasteiger partial charge < -0.3 is 10.4 Å². The van der Waals surface area contributed by atoms with Crippen molar-refractivity contribution in [3.8, 4) is 5.75 Å². The molecular weight excluding hydrogens is 372 g/mol. The highest BCUT2D eigenvalue weighted by Crippen LogP contribution is 2.68. The highest BCUT2D eigenvalue weighted by Gasteiger charge is 2.67. The minimum absolute atomic E-state index is 0.0289. The van der Waals surface area contributed by atoms with Crippen molar-refractivity contribution >= 4 is 5.91 Å². The van der Waals surface area contributed by atoms with E-state index in [0.717, 1.165) is 32.1 Å². The minimum atomic E-state index is -2.66. The summed E-state index contributed by atoms with van der Waals surface area (Å²) >= 11 is 0. The Bertz CT molecular complexity index is 821. The molecule has 3 nitrogen and oxygen atoms in total. The lowest BCUT2D eigenvalue weighted by molar-refractivity contribution is -0.133. The van der Waals surface area contributed by atoms with Crippen LogP contribution in [0.15, 0.2) is 18.2 Å². The summed E-state index contributed by atoms with van der Waals surface area (Å²) in [5.41, 5.74) is 1.47. The molecule has 2 N–H and O–H groups in total. The third kappa shape index (κ3) is 3.16. The van der Waals surface area contributed by atoms with Crippen molar-refractivity contribution in [3.63, 3.8) is 0 Å². The lowest BCUT2D eigenvalue weighted by Crippen LogP contribution is -2.47. The number of rotatable bonds is 4. The van der Waals surface area contributed by atoms with Gasteiger partial charge in [0.2, 0.25) is 5.91 Å². The monoisotopic (exact) mass is 403 g/mol. The van der Waals surface area contributed by atoms with Crippen molar-refractivity contribution in [2.45, 2.75) is 82.6 Å².